The molecule has 0 aliphatic heterocycles. The summed E-state index contributed by atoms with van der Waals surface area (Å²) < 4.78 is 6.71. The van der Waals surface area contributed by atoms with Crippen molar-refractivity contribution in [2.45, 2.75) is 0 Å². The van der Waals surface area contributed by atoms with Crippen LogP contribution in [0.15, 0.2) is 168 Å². The summed E-state index contributed by atoms with van der Waals surface area (Å²) in [6.07, 6.45) is 0. The van der Waals surface area contributed by atoms with Crippen LogP contribution < -0.4 is 0 Å². The number of furan rings is 1. The van der Waals surface area contributed by atoms with Gasteiger partial charge in [0.15, 0.2) is 17.5 Å². The zero-order valence-corrected chi connectivity index (χ0v) is 26.3. The molecule has 10 aromatic rings. The fourth-order valence-electron chi connectivity index (χ4n) is 7.17. The lowest BCUT2D eigenvalue weighted by Gasteiger charge is -2.12. The van der Waals surface area contributed by atoms with Gasteiger partial charge in [-0.2, -0.15) is 0 Å². The first-order chi connectivity index (χ1) is 24.3. The average Bonchev–Trinajstić information content (AvgIpc) is 3.56. The van der Waals surface area contributed by atoms with E-state index < -0.39 is 0 Å². The highest BCUT2D eigenvalue weighted by molar-refractivity contribution is 6.25. The second-order valence-corrected chi connectivity index (χ2v) is 12.4. The largest absolute Gasteiger partial charge is 0.455 e. The van der Waals surface area contributed by atoms with E-state index in [2.05, 4.69) is 91.0 Å². The Hall–Kier alpha value is -6.65. The Labute approximate surface area is 282 Å². The topological polar surface area (TPSA) is 51.8 Å². The molecule has 0 unspecified atom stereocenters. The van der Waals surface area contributed by atoms with Crippen LogP contribution in [-0.2, 0) is 0 Å². The van der Waals surface area contributed by atoms with Gasteiger partial charge in [0, 0.05) is 21.9 Å². The normalized spacial score (nSPS) is 11.7. The zero-order chi connectivity index (χ0) is 32.3. The van der Waals surface area contributed by atoms with Crippen LogP contribution in [0.5, 0.6) is 0 Å². The fraction of sp³-hybridized carbons (Fsp3) is 0. The predicted molar refractivity (Wildman–Crippen MR) is 201 cm³/mol. The molecular formula is C45H27N3O. The van der Waals surface area contributed by atoms with E-state index in [9.17, 15) is 0 Å². The van der Waals surface area contributed by atoms with Gasteiger partial charge in [-0.1, -0.05) is 140 Å². The Balaban J connectivity index is 1.14. The summed E-state index contributed by atoms with van der Waals surface area (Å²) in [7, 11) is 0. The molecule has 0 bridgehead atoms. The van der Waals surface area contributed by atoms with Gasteiger partial charge >= 0.3 is 0 Å². The summed E-state index contributed by atoms with van der Waals surface area (Å²) in [4.78, 5) is 14.8. The van der Waals surface area contributed by atoms with Crippen molar-refractivity contribution in [2.75, 3.05) is 0 Å². The van der Waals surface area contributed by atoms with Gasteiger partial charge in [0.1, 0.15) is 11.2 Å². The standard InChI is InChI=1S/C45H27N3O/c1-3-12-28(13-4-1)43-46-44(29-14-5-2-6-15-29)48-45(47-43)39-21-11-20-38-37-25-23-31(27-41(37)49-42(38)39)30-22-24-36-34-18-8-7-16-32(34)33-17-9-10-19-35(33)40(36)26-30/h1-27H. The minimum Gasteiger partial charge on any atom is -0.455 e. The summed E-state index contributed by atoms with van der Waals surface area (Å²) in [5, 5.41) is 9.67. The average molecular weight is 626 g/mol. The third-order valence-electron chi connectivity index (χ3n) is 9.52. The van der Waals surface area contributed by atoms with Crippen molar-refractivity contribution in [2.24, 2.45) is 0 Å². The predicted octanol–water partition coefficient (Wildman–Crippen LogP) is 11.9. The van der Waals surface area contributed by atoms with E-state index >= 15 is 0 Å². The van der Waals surface area contributed by atoms with Crippen molar-refractivity contribution >= 4 is 54.3 Å². The lowest BCUT2D eigenvalue weighted by atomic mass is 9.92. The van der Waals surface area contributed by atoms with E-state index in [4.69, 9.17) is 19.4 Å². The fourth-order valence-corrected chi connectivity index (χ4v) is 7.17. The molecule has 8 aromatic carbocycles. The Morgan fingerprint density at radius 2 is 0.776 bits per heavy atom. The highest BCUT2D eigenvalue weighted by Crippen LogP contribution is 2.40. The lowest BCUT2D eigenvalue weighted by Crippen LogP contribution is -2.00. The number of rotatable bonds is 4. The molecule has 0 atom stereocenters. The van der Waals surface area contributed by atoms with Crippen LogP contribution in [0.3, 0.4) is 0 Å². The molecule has 0 radical (unpaired) electrons. The van der Waals surface area contributed by atoms with Crippen molar-refractivity contribution < 1.29 is 4.42 Å². The van der Waals surface area contributed by atoms with Gasteiger partial charge in [0.05, 0.1) is 5.56 Å². The molecule has 10 rings (SSSR count). The molecular weight excluding hydrogens is 599 g/mol. The molecule has 4 heteroatoms. The first kappa shape index (κ1) is 27.5. The molecule has 228 valence electrons. The van der Waals surface area contributed by atoms with Crippen molar-refractivity contribution in [1.82, 2.24) is 15.0 Å². The van der Waals surface area contributed by atoms with E-state index in [0.29, 0.717) is 17.5 Å². The summed E-state index contributed by atoms with van der Waals surface area (Å²) in [5.41, 5.74) is 6.52. The van der Waals surface area contributed by atoms with Crippen molar-refractivity contribution in [3.63, 3.8) is 0 Å². The third-order valence-corrected chi connectivity index (χ3v) is 9.52. The van der Waals surface area contributed by atoms with Gasteiger partial charge in [-0.3, -0.25) is 0 Å². The molecule has 0 fully saturated rings. The van der Waals surface area contributed by atoms with Crippen LogP contribution in [-0.4, -0.2) is 15.0 Å². The molecule has 0 aliphatic rings. The highest BCUT2D eigenvalue weighted by atomic mass is 16.3. The second-order valence-electron chi connectivity index (χ2n) is 12.4. The summed E-state index contributed by atoms with van der Waals surface area (Å²) >= 11 is 0. The Kier molecular flexibility index (Phi) is 6.15. The number of benzene rings is 8. The van der Waals surface area contributed by atoms with E-state index in [0.717, 1.165) is 49.8 Å². The smallest absolute Gasteiger partial charge is 0.167 e. The zero-order valence-electron chi connectivity index (χ0n) is 26.3. The van der Waals surface area contributed by atoms with Crippen LogP contribution >= 0.6 is 0 Å². The SMILES string of the molecule is c1ccc(-c2nc(-c3ccccc3)nc(-c3cccc4c3oc3cc(-c5ccc6c7ccccc7c7ccccc7c6c5)ccc34)n2)cc1. The number of hydrogen-bond donors (Lipinski definition) is 0. The van der Waals surface area contributed by atoms with Crippen LogP contribution in [0.1, 0.15) is 0 Å². The van der Waals surface area contributed by atoms with Crippen LogP contribution in [0.2, 0.25) is 0 Å². The lowest BCUT2D eigenvalue weighted by molar-refractivity contribution is 0.669. The molecule has 2 heterocycles. The Morgan fingerprint density at radius 3 is 1.39 bits per heavy atom. The van der Waals surface area contributed by atoms with Crippen molar-refractivity contribution in [1.29, 1.82) is 0 Å². The molecule has 49 heavy (non-hydrogen) atoms. The molecule has 0 amide bonds. The monoisotopic (exact) mass is 625 g/mol. The number of hydrogen-bond acceptors (Lipinski definition) is 4. The van der Waals surface area contributed by atoms with Gasteiger partial charge in [-0.15, -0.1) is 0 Å². The summed E-state index contributed by atoms with van der Waals surface area (Å²) in [6, 6.07) is 57.0. The number of aromatic nitrogens is 3. The second kappa shape index (κ2) is 11.0. The maximum absolute atomic E-state index is 6.71. The molecule has 0 aliphatic carbocycles. The van der Waals surface area contributed by atoms with Gasteiger partial charge in [0.25, 0.3) is 0 Å². The summed E-state index contributed by atoms with van der Waals surface area (Å²) in [5.74, 6) is 1.82. The van der Waals surface area contributed by atoms with Crippen LogP contribution in [0.4, 0.5) is 0 Å². The minimum atomic E-state index is 0.575. The van der Waals surface area contributed by atoms with Crippen molar-refractivity contribution in [3.8, 4) is 45.3 Å². The Bertz CT molecular complexity index is 2780. The van der Waals surface area contributed by atoms with Crippen LogP contribution in [0.25, 0.3) is 99.5 Å². The first-order valence-electron chi connectivity index (χ1n) is 16.4. The maximum atomic E-state index is 6.71. The molecule has 0 saturated heterocycles. The summed E-state index contributed by atoms with van der Waals surface area (Å²) in [6.45, 7) is 0. The highest BCUT2D eigenvalue weighted by Gasteiger charge is 2.18. The number of nitrogens with zero attached hydrogens (tertiary/aromatic N) is 3. The third kappa shape index (κ3) is 4.49. The van der Waals surface area contributed by atoms with Crippen molar-refractivity contribution in [3.05, 3.63) is 164 Å². The number of fused-ring (bicyclic) bond motifs is 9. The molecule has 4 nitrogen and oxygen atoms in total. The maximum Gasteiger partial charge on any atom is 0.167 e. The van der Waals surface area contributed by atoms with Gasteiger partial charge < -0.3 is 4.42 Å². The first-order valence-corrected chi connectivity index (χ1v) is 16.4. The van der Waals surface area contributed by atoms with E-state index in [-0.39, 0.29) is 0 Å². The van der Waals surface area contributed by atoms with E-state index in [1.54, 1.807) is 0 Å². The number of para-hydroxylation sites is 1. The molecule has 0 N–H and O–H groups in total. The quantitative estimate of drug-likeness (QED) is 0.183. The van der Waals surface area contributed by atoms with E-state index in [1.807, 2.05) is 72.8 Å². The van der Waals surface area contributed by atoms with Gasteiger partial charge in [-0.25, -0.2) is 15.0 Å². The molecule has 0 spiro atoms. The molecule has 2 aromatic heterocycles. The van der Waals surface area contributed by atoms with Crippen LogP contribution in [0, 0.1) is 0 Å². The van der Waals surface area contributed by atoms with Gasteiger partial charge in [0.2, 0.25) is 0 Å². The van der Waals surface area contributed by atoms with Gasteiger partial charge in [-0.05, 0) is 67.7 Å². The molecule has 0 saturated carbocycles. The van der Waals surface area contributed by atoms with E-state index in [1.165, 1.54) is 32.3 Å². The minimum absolute atomic E-state index is 0.575. The Morgan fingerprint density at radius 1 is 0.306 bits per heavy atom.